The zero-order valence-corrected chi connectivity index (χ0v) is 15.1. The summed E-state index contributed by atoms with van der Waals surface area (Å²) >= 11 is 1.47. The highest BCUT2D eigenvalue weighted by atomic mass is 32.2. The van der Waals surface area contributed by atoms with Crippen LogP contribution in [0.1, 0.15) is 26.5 Å². The summed E-state index contributed by atoms with van der Waals surface area (Å²) in [6, 6.07) is 9.70. The highest BCUT2D eigenvalue weighted by molar-refractivity contribution is 7.99. The molecule has 0 bridgehead atoms. The number of thioether (sulfide) groups is 1. The zero-order chi connectivity index (χ0) is 17.6. The van der Waals surface area contributed by atoms with E-state index in [-0.39, 0.29) is 18.4 Å². The van der Waals surface area contributed by atoms with Gasteiger partial charge in [0, 0.05) is 17.9 Å². The van der Waals surface area contributed by atoms with Gasteiger partial charge in [0.05, 0.1) is 17.0 Å². The molecule has 0 radical (unpaired) electrons. The number of rotatable bonds is 8. The number of aliphatic hydroxyl groups is 1. The Morgan fingerprint density at radius 1 is 1.38 bits per heavy atom. The molecule has 0 aliphatic carbocycles. The summed E-state index contributed by atoms with van der Waals surface area (Å²) in [5, 5.41) is 12.9. The second-order valence-electron chi connectivity index (χ2n) is 6.29. The van der Waals surface area contributed by atoms with Crippen molar-refractivity contribution in [2.75, 3.05) is 12.3 Å². The van der Waals surface area contributed by atoms with E-state index >= 15 is 0 Å². The fraction of sp³-hybridized carbons (Fsp3) is 0.444. The number of amides is 1. The van der Waals surface area contributed by atoms with Crippen molar-refractivity contribution >= 4 is 17.7 Å². The molecule has 2 aromatic rings. The molecule has 130 valence electrons. The summed E-state index contributed by atoms with van der Waals surface area (Å²) in [5.74, 6) is 1.50. The highest BCUT2D eigenvalue weighted by Gasteiger charge is 2.25. The number of hydrogen-bond donors (Lipinski definition) is 2. The predicted molar refractivity (Wildman–Crippen MR) is 96.6 cm³/mol. The summed E-state index contributed by atoms with van der Waals surface area (Å²) in [6.07, 6.45) is 1.62. The topological polar surface area (TPSA) is 75.4 Å². The van der Waals surface area contributed by atoms with E-state index in [1.807, 2.05) is 44.2 Å². The van der Waals surface area contributed by atoms with Gasteiger partial charge in [-0.1, -0.05) is 32.0 Å². The van der Waals surface area contributed by atoms with Crippen LogP contribution >= 0.6 is 11.8 Å². The maximum Gasteiger partial charge on any atom is 0.230 e. The van der Waals surface area contributed by atoms with Gasteiger partial charge in [0.15, 0.2) is 0 Å². The van der Waals surface area contributed by atoms with Crippen molar-refractivity contribution in [3.63, 3.8) is 0 Å². The number of nitrogens with zero attached hydrogens (tertiary/aromatic N) is 1. The van der Waals surface area contributed by atoms with Crippen LogP contribution in [-0.4, -0.2) is 33.9 Å². The first kappa shape index (κ1) is 18.5. The minimum absolute atomic E-state index is 0.0805. The first-order valence-electron chi connectivity index (χ1n) is 7.95. The van der Waals surface area contributed by atoms with Crippen molar-refractivity contribution in [3.8, 4) is 11.5 Å². The van der Waals surface area contributed by atoms with Gasteiger partial charge < -0.3 is 14.8 Å². The molecule has 0 aliphatic rings. The number of carbonyl (C=O) groups excluding carboxylic acids is 1. The zero-order valence-electron chi connectivity index (χ0n) is 14.3. The van der Waals surface area contributed by atoms with Gasteiger partial charge in [-0.25, -0.2) is 4.98 Å². The smallest absolute Gasteiger partial charge is 0.230 e. The number of carbonyl (C=O) groups is 1. The Balaban J connectivity index is 1.75. The van der Waals surface area contributed by atoms with Crippen molar-refractivity contribution in [2.24, 2.45) is 5.92 Å². The first-order valence-corrected chi connectivity index (χ1v) is 9.10. The highest BCUT2D eigenvalue weighted by Crippen LogP contribution is 2.20. The SMILES string of the molecule is CC(C)C(C)(O)CNC(=O)CSCc1coc(-c2ccccc2)n1. The van der Waals surface area contributed by atoms with E-state index in [4.69, 9.17) is 4.42 Å². The lowest BCUT2D eigenvalue weighted by Crippen LogP contribution is -2.44. The second-order valence-corrected chi connectivity index (χ2v) is 7.28. The maximum atomic E-state index is 11.8. The van der Waals surface area contributed by atoms with Crippen LogP contribution in [-0.2, 0) is 10.5 Å². The third-order valence-electron chi connectivity index (χ3n) is 3.94. The van der Waals surface area contributed by atoms with Gasteiger partial charge in [-0.15, -0.1) is 11.8 Å². The summed E-state index contributed by atoms with van der Waals surface area (Å²) < 4.78 is 5.47. The second kappa shape index (κ2) is 8.35. The molecule has 1 amide bonds. The molecule has 0 saturated carbocycles. The molecule has 0 spiro atoms. The molecule has 1 atom stereocenters. The molecule has 5 nitrogen and oxygen atoms in total. The maximum absolute atomic E-state index is 11.8. The molecule has 24 heavy (non-hydrogen) atoms. The Bertz CT molecular complexity index is 653. The van der Waals surface area contributed by atoms with Gasteiger partial charge in [0.25, 0.3) is 0 Å². The van der Waals surface area contributed by atoms with Crippen LogP contribution in [0, 0.1) is 5.92 Å². The minimum atomic E-state index is -0.892. The number of nitrogens with one attached hydrogen (secondary N) is 1. The van der Waals surface area contributed by atoms with Crippen LogP contribution < -0.4 is 5.32 Å². The van der Waals surface area contributed by atoms with Crippen molar-refractivity contribution in [2.45, 2.75) is 32.1 Å². The van der Waals surface area contributed by atoms with E-state index in [0.29, 0.717) is 17.4 Å². The summed E-state index contributed by atoms with van der Waals surface area (Å²) in [6.45, 7) is 5.84. The third kappa shape index (κ3) is 5.39. The number of hydrogen-bond acceptors (Lipinski definition) is 5. The Hall–Kier alpha value is -1.79. The van der Waals surface area contributed by atoms with Crippen LogP contribution in [0.3, 0.4) is 0 Å². The molecule has 2 N–H and O–H groups in total. The molecule has 0 aliphatic heterocycles. The molecule has 1 aromatic heterocycles. The molecule has 1 aromatic carbocycles. The van der Waals surface area contributed by atoms with Crippen molar-refractivity contribution in [1.29, 1.82) is 0 Å². The average molecular weight is 348 g/mol. The first-order chi connectivity index (χ1) is 11.4. The van der Waals surface area contributed by atoms with E-state index in [0.717, 1.165) is 11.3 Å². The quantitative estimate of drug-likeness (QED) is 0.767. The van der Waals surface area contributed by atoms with Gasteiger partial charge in [0.1, 0.15) is 6.26 Å². The Labute approximate surface area is 146 Å². The molecule has 1 heterocycles. The van der Waals surface area contributed by atoms with Gasteiger partial charge in [-0.05, 0) is 25.0 Å². The monoisotopic (exact) mass is 348 g/mol. The van der Waals surface area contributed by atoms with Crippen molar-refractivity contribution in [1.82, 2.24) is 10.3 Å². The average Bonchev–Trinajstić information content (AvgIpc) is 3.03. The number of aromatic nitrogens is 1. The Kier molecular flexibility index (Phi) is 6.45. The summed E-state index contributed by atoms with van der Waals surface area (Å²) in [7, 11) is 0. The summed E-state index contributed by atoms with van der Waals surface area (Å²) in [4.78, 5) is 16.3. The normalized spacial score (nSPS) is 13.7. The van der Waals surface area contributed by atoms with E-state index in [9.17, 15) is 9.90 Å². The van der Waals surface area contributed by atoms with Gasteiger partial charge in [0.2, 0.25) is 11.8 Å². The van der Waals surface area contributed by atoms with E-state index in [1.54, 1.807) is 13.2 Å². The van der Waals surface area contributed by atoms with Crippen LogP contribution in [0.15, 0.2) is 41.0 Å². The predicted octanol–water partition coefficient (Wildman–Crippen LogP) is 3.10. The lowest BCUT2D eigenvalue weighted by molar-refractivity contribution is -0.120. The van der Waals surface area contributed by atoms with Crippen molar-refractivity contribution < 1.29 is 14.3 Å². The van der Waals surface area contributed by atoms with E-state index in [2.05, 4.69) is 10.3 Å². The fourth-order valence-electron chi connectivity index (χ4n) is 1.87. The number of benzene rings is 1. The van der Waals surface area contributed by atoms with E-state index in [1.165, 1.54) is 11.8 Å². The van der Waals surface area contributed by atoms with Crippen LogP contribution in [0.4, 0.5) is 0 Å². The lowest BCUT2D eigenvalue weighted by Gasteiger charge is -2.27. The molecule has 6 heteroatoms. The lowest BCUT2D eigenvalue weighted by atomic mass is 9.93. The molecule has 0 saturated heterocycles. The van der Waals surface area contributed by atoms with Gasteiger partial charge >= 0.3 is 0 Å². The van der Waals surface area contributed by atoms with Crippen LogP contribution in [0.5, 0.6) is 0 Å². The molecular formula is C18H24N2O3S. The summed E-state index contributed by atoms with van der Waals surface area (Å²) in [5.41, 5.74) is 0.847. The largest absolute Gasteiger partial charge is 0.444 e. The van der Waals surface area contributed by atoms with Gasteiger partial charge in [-0.2, -0.15) is 0 Å². The van der Waals surface area contributed by atoms with Crippen LogP contribution in [0.2, 0.25) is 0 Å². The molecule has 0 fully saturated rings. The molecule has 2 rings (SSSR count). The molecule has 1 unspecified atom stereocenters. The molecular weight excluding hydrogens is 324 g/mol. The van der Waals surface area contributed by atoms with Crippen LogP contribution in [0.25, 0.3) is 11.5 Å². The Morgan fingerprint density at radius 3 is 2.75 bits per heavy atom. The minimum Gasteiger partial charge on any atom is -0.444 e. The Morgan fingerprint density at radius 2 is 2.08 bits per heavy atom. The van der Waals surface area contributed by atoms with E-state index < -0.39 is 5.60 Å². The third-order valence-corrected chi connectivity index (χ3v) is 4.91. The van der Waals surface area contributed by atoms with Gasteiger partial charge in [-0.3, -0.25) is 4.79 Å². The van der Waals surface area contributed by atoms with Crippen molar-refractivity contribution in [3.05, 3.63) is 42.3 Å². The standard InChI is InChI=1S/C18H24N2O3S/c1-13(2)18(3,22)12-19-16(21)11-24-10-15-9-23-17(20-15)14-7-5-4-6-8-14/h4-9,13,22H,10-12H2,1-3H3,(H,19,21). The fourth-order valence-corrected chi connectivity index (χ4v) is 2.60. The number of oxazole rings is 1.